The van der Waals surface area contributed by atoms with E-state index < -0.39 is 0 Å². The summed E-state index contributed by atoms with van der Waals surface area (Å²) in [6.45, 7) is 0.556. The van der Waals surface area contributed by atoms with Gasteiger partial charge < -0.3 is 9.26 Å². The van der Waals surface area contributed by atoms with Gasteiger partial charge in [-0.15, -0.1) is 0 Å². The second-order valence-electron chi connectivity index (χ2n) is 3.92. The molecule has 88 valence electrons. The van der Waals surface area contributed by atoms with Crippen LogP contribution in [-0.4, -0.2) is 16.7 Å². The Labute approximate surface area is 97.7 Å². The van der Waals surface area contributed by atoms with Gasteiger partial charge in [0, 0.05) is 0 Å². The molecule has 1 aromatic carbocycles. The van der Waals surface area contributed by atoms with Crippen molar-refractivity contribution in [3.05, 3.63) is 35.7 Å². The van der Waals surface area contributed by atoms with Gasteiger partial charge in [0.15, 0.2) is 5.82 Å². The van der Waals surface area contributed by atoms with Crippen LogP contribution in [-0.2, 0) is 6.42 Å². The summed E-state index contributed by atoms with van der Waals surface area (Å²) in [6.07, 6.45) is 0.847. The monoisotopic (exact) mass is 232 g/mol. The van der Waals surface area contributed by atoms with E-state index in [9.17, 15) is 0 Å². The molecule has 0 fully saturated rings. The minimum Gasteiger partial charge on any atom is -0.493 e. The summed E-state index contributed by atoms with van der Waals surface area (Å²) in [7, 11) is 0. The molecule has 0 amide bonds. The molecule has 1 atom stereocenters. The van der Waals surface area contributed by atoms with Crippen LogP contribution in [0.2, 0.25) is 0 Å². The molecule has 0 saturated carbocycles. The Balaban J connectivity index is 1.84. The number of rotatable bonds is 2. The van der Waals surface area contributed by atoms with Crippen molar-refractivity contribution in [1.82, 2.24) is 10.1 Å². The Morgan fingerprint density at radius 3 is 3.06 bits per heavy atom. The van der Waals surface area contributed by atoms with Crippen molar-refractivity contribution in [2.75, 3.05) is 12.0 Å². The molecular weight excluding hydrogens is 220 g/mol. The van der Waals surface area contributed by atoms with Crippen molar-refractivity contribution in [3.8, 4) is 5.75 Å². The van der Waals surface area contributed by atoms with Crippen molar-refractivity contribution in [2.45, 2.75) is 12.3 Å². The average molecular weight is 232 g/mol. The highest BCUT2D eigenvalue weighted by molar-refractivity contribution is 5.36. The van der Waals surface area contributed by atoms with E-state index in [2.05, 4.69) is 15.6 Å². The van der Waals surface area contributed by atoms with Crippen LogP contribution in [0.25, 0.3) is 0 Å². The molecule has 1 aliphatic rings. The maximum atomic E-state index is 5.66. The lowest BCUT2D eigenvalue weighted by Gasteiger charge is -2.22. The summed E-state index contributed by atoms with van der Waals surface area (Å²) < 4.78 is 10.6. The number of nitrogens with zero attached hydrogens (tertiary/aromatic N) is 2. The van der Waals surface area contributed by atoms with E-state index in [1.54, 1.807) is 0 Å². The molecule has 1 unspecified atom stereocenters. The van der Waals surface area contributed by atoms with Crippen LogP contribution in [0.1, 0.15) is 17.3 Å². The van der Waals surface area contributed by atoms with Gasteiger partial charge >= 0.3 is 6.01 Å². The van der Waals surface area contributed by atoms with E-state index in [4.69, 9.17) is 15.1 Å². The summed E-state index contributed by atoms with van der Waals surface area (Å²) >= 11 is 0. The first-order valence-electron chi connectivity index (χ1n) is 5.38. The maximum Gasteiger partial charge on any atom is 0.335 e. The highest BCUT2D eigenvalue weighted by Gasteiger charge is 2.25. The van der Waals surface area contributed by atoms with Gasteiger partial charge in [0.2, 0.25) is 0 Å². The predicted molar refractivity (Wildman–Crippen MR) is 60.5 cm³/mol. The van der Waals surface area contributed by atoms with Gasteiger partial charge in [0.05, 0.1) is 12.5 Å². The van der Waals surface area contributed by atoms with Crippen molar-refractivity contribution in [3.63, 3.8) is 0 Å². The first-order valence-corrected chi connectivity index (χ1v) is 5.38. The number of hydrazine groups is 1. The van der Waals surface area contributed by atoms with Gasteiger partial charge in [-0.2, -0.15) is 4.98 Å². The number of nitrogens with one attached hydrogen (secondary N) is 1. The molecule has 3 rings (SSSR count). The molecule has 0 saturated heterocycles. The van der Waals surface area contributed by atoms with E-state index in [1.807, 2.05) is 24.3 Å². The predicted octanol–water partition coefficient (Wildman–Crippen LogP) is 1.07. The second kappa shape index (κ2) is 4.06. The molecule has 0 bridgehead atoms. The van der Waals surface area contributed by atoms with Gasteiger partial charge in [-0.1, -0.05) is 23.4 Å². The van der Waals surface area contributed by atoms with Crippen LogP contribution < -0.4 is 16.0 Å². The summed E-state index contributed by atoms with van der Waals surface area (Å²) in [5, 5.41) is 3.88. The van der Waals surface area contributed by atoms with Gasteiger partial charge in [0.1, 0.15) is 5.75 Å². The normalized spacial score (nSPS) is 18.3. The quantitative estimate of drug-likeness (QED) is 0.595. The zero-order chi connectivity index (χ0) is 11.7. The van der Waals surface area contributed by atoms with E-state index in [0.717, 1.165) is 17.7 Å². The summed E-state index contributed by atoms with van der Waals surface area (Å²) in [6, 6.07) is 8.19. The minimum atomic E-state index is 0.107. The molecule has 1 aliphatic heterocycles. The Kier molecular flexibility index (Phi) is 2.41. The first-order chi connectivity index (χ1) is 8.36. The van der Waals surface area contributed by atoms with Gasteiger partial charge in [-0.25, -0.2) is 5.84 Å². The number of nitrogen functional groups attached to an aromatic ring is 1. The molecule has 2 heterocycles. The Hall–Kier alpha value is -2.08. The largest absolute Gasteiger partial charge is 0.493 e. The smallest absolute Gasteiger partial charge is 0.335 e. The number of anilines is 1. The van der Waals surface area contributed by atoms with Gasteiger partial charge in [0.25, 0.3) is 0 Å². The SMILES string of the molecule is NNc1nc(C2COc3ccccc3C2)no1. The van der Waals surface area contributed by atoms with Crippen LogP contribution >= 0.6 is 0 Å². The summed E-state index contributed by atoms with van der Waals surface area (Å²) in [5.74, 6) is 6.85. The first kappa shape index (κ1) is 10.1. The number of benzene rings is 1. The fourth-order valence-corrected chi connectivity index (χ4v) is 1.95. The number of hydrogen-bond acceptors (Lipinski definition) is 6. The number of para-hydroxylation sites is 1. The third-order valence-electron chi connectivity index (χ3n) is 2.81. The van der Waals surface area contributed by atoms with Crippen molar-refractivity contribution in [1.29, 1.82) is 0 Å². The standard InChI is InChI=1S/C11H12N4O2/c12-14-11-13-10(15-17-11)8-5-7-3-1-2-4-9(7)16-6-8/h1-4,8H,5-6,12H2,(H,13,14,15). The fourth-order valence-electron chi connectivity index (χ4n) is 1.95. The van der Waals surface area contributed by atoms with Crippen molar-refractivity contribution >= 4 is 6.01 Å². The van der Waals surface area contributed by atoms with Crippen molar-refractivity contribution < 1.29 is 9.26 Å². The molecule has 3 N–H and O–H groups in total. The minimum absolute atomic E-state index is 0.107. The van der Waals surface area contributed by atoms with E-state index in [0.29, 0.717) is 12.4 Å². The highest BCUT2D eigenvalue weighted by Crippen LogP contribution is 2.31. The molecule has 1 aromatic heterocycles. The highest BCUT2D eigenvalue weighted by atomic mass is 16.5. The molecule has 6 nitrogen and oxygen atoms in total. The van der Waals surface area contributed by atoms with Crippen LogP contribution in [0, 0.1) is 0 Å². The van der Waals surface area contributed by atoms with E-state index in [-0.39, 0.29) is 11.9 Å². The van der Waals surface area contributed by atoms with Crippen LogP contribution in [0.3, 0.4) is 0 Å². The third-order valence-corrected chi connectivity index (χ3v) is 2.81. The third kappa shape index (κ3) is 1.83. The number of ether oxygens (including phenoxy) is 1. The van der Waals surface area contributed by atoms with Crippen LogP contribution in [0.5, 0.6) is 5.75 Å². The molecular formula is C11H12N4O2. The lowest BCUT2D eigenvalue weighted by molar-refractivity contribution is 0.254. The number of aromatic nitrogens is 2. The van der Waals surface area contributed by atoms with Crippen LogP contribution in [0.15, 0.2) is 28.8 Å². The Morgan fingerprint density at radius 1 is 1.35 bits per heavy atom. The maximum absolute atomic E-state index is 5.66. The number of nitrogens with two attached hydrogens (primary N) is 1. The molecule has 6 heteroatoms. The molecule has 0 radical (unpaired) electrons. The van der Waals surface area contributed by atoms with Gasteiger partial charge in [-0.05, 0) is 18.1 Å². The second-order valence-corrected chi connectivity index (χ2v) is 3.92. The summed E-state index contributed by atoms with van der Waals surface area (Å²) in [4.78, 5) is 4.13. The van der Waals surface area contributed by atoms with E-state index >= 15 is 0 Å². The lowest BCUT2D eigenvalue weighted by Crippen LogP contribution is -2.20. The molecule has 2 aromatic rings. The lowest BCUT2D eigenvalue weighted by atomic mass is 9.96. The van der Waals surface area contributed by atoms with E-state index in [1.165, 1.54) is 0 Å². The summed E-state index contributed by atoms with van der Waals surface area (Å²) in [5.41, 5.74) is 3.49. The van der Waals surface area contributed by atoms with Crippen LogP contribution in [0.4, 0.5) is 6.01 Å². The molecule has 17 heavy (non-hydrogen) atoms. The van der Waals surface area contributed by atoms with Gasteiger partial charge in [-0.3, -0.25) is 5.43 Å². The molecule has 0 aliphatic carbocycles. The fraction of sp³-hybridized carbons (Fsp3) is 0.273. The Bertz CT molecular complexity index is 526. The average Bonchev–Trinajstić information content (AvgIpc) is 2.87. The zero-order valence-corrected chi connectivity index (χ0v) is 9.09. The number of hydrogen-bond donors (Lipinski definition) is 2. The molecule has 0 spiro atoms. The zero-order valence-electron chi connectivity index (χ0n) is 9.09. The topological polar surface area (TPSA) is 86.2 Å². The van der Waals surface area contributed by atoms with Crippen molar-refractivity contribution in [2.24, 2.45) is 5.84 Å². The Morgan fingerprint density at radius 2 is 2.24 bits per heavy atom. The number of fused-ring (bicyclic) bond motifs is 1.